The normalized spacial score (nSPS) is 15.1. The van der Waals surface area contributed by atoms with Crippen LogP contribution in [0.5, 0.6) is 5.88 Å². The van der Waals surface area contributed by atoms with Crippen molar-refractivity contribution in [2.24, 2.45) is 17.3 Å². The molecule has 0 bridgehead atoms. The molecule has 1 aliphatic carbocycles. The predicted octanol–water partition coefficient (Wildman–Crippen LogP) is 3.89. The van der Waals surface area contributed by atoms with Crippen LogP contribution in [0.25, 0.3) is 0 Å². The van der Waals surface area contributed by atoms with Gasteiger partial charge in [-0.05, 0) is 32.4 Å². The van der Waals surface area contributed by atoms with Gasteiger partial charge < -0.3 is 5.11 Å². The first-order valence-corrected chi connectivity index (χ1v) is 10.6. The van der Waals surface area contributed by atoms with Crippen LogP contribution in [0, 0.1) is 25.2 Å². The van der Waals surface area contributed by atoms with Crippen LogP contribution < -0.4 is 16.5 Å². The quantitative estimate of drug-likeness (QED) is 0.562. The second-order valence-electron chi connectivity index (χ2n) is 7.83. The van der Waals surface area contributed by atoms with Gasteiger partial charge in [0.05, 0.1) is 17.4 Å². The Hall–Kier alpha value is -4.65. The van der Waals surface area contributed by atoms with Gasteiger partial charge in [-0.1, -0.05) is 42.5 Å². The average molecular weight is 457 g/mol. The van der Waals surface area contributed by atoms with Crippen LogP contribution in [-0.2, 0) is 7.05 Å². The molecule has 0 amide bonds. The number of hydrogen-bond acceptors (Lipinski definition) is 7. The number of nitriles is 1. The summed E-state index contributed by atoms with van der Waals surface area (Å²) in [7, 11) is 1.76. The molecule has 4 rings (SSSR count). The van der Waals surface area contributed by atoms with E-state index in [9.17, 15) is 20.0 Å². The highest BCUT2D eigenvalue weighted by atomic mass is 16.3. The van der Waals surface area contributed by atoms with Crippen molar-refractivity contribution in [1.82, 2.24) is 14.0 Å². The van der Waals surface area contributed by atoms with Crippen molar-refractivity contribution >= 4 is 17.1 Å². The Bertz CT molecular complexity index is 1500. The zero-order valence-electron chi connectivity index (χ0n) is 18.9. The summed E-state index contributed by atoms with van der Waals surface area (Å²) in [5.74, 6) is -0.539. The Morgan fingerprint density at radius 2 is 1.79 bits per heavy atom. The molecule has 1 atom stereocenters. The highest BCUT2D eigenvalue weighted by Gasteiger charge is 2.22. The third-order valence-electron chi connectivity index (χ3n) is 5.78. The van der Waals surface area contributed by atoms with Gasteiger partial charge in [-0.2, -0.15) is 9.94 Å². The monoisotopic (exact) mass is 457 g/mol. The third kappa shape index (κ3) is 3.84. The van der Waals surface area contributed by atoms with E-state index in [0.29, 0.717) is 17.8 Å². The molecule has 0 fully saturated rings. The van der Waals surface area contributed by atoms with Crippen molar-refractivity contribution in [2.75, 3.05) is 5.43 Å². The van der Waals surface area contributed by atoms with Crippen molar-refractivity contribution in [2.45, 2.75) is 26.3 Å². The minimum Gasteiger partial charge on any atom is -0.492 e. The molecule has 1 aliphatic rings. The van der Waals surface area contributed by atoms with Crippen LogP contribution in [0.4, 0.5) is 17.1 Å². The average Bonchev–Trinajstić information content (AvgIpc) is 3.06. The van der Waals surface area contributed by atoms with Gasteiger partial charge in [0.25, 0.3) is 11.1 Å². The third-order valence-corrected chi connectivity index (χ3v) is 5.78. The number of hydrogen-bond donors (Lipinski definition) is 2. The number of nitrogens with zero attached hydrogens (tertiary/aromatic N) is 6. The van der Waals surface area contributed by atoms with Crippen LogP contribution in [0.2, 0.25) is 0 Å². The first kappa shape index (κ1) is 22.5. The molecule has 1 aromatic carbocycles. The van der Waals surface area contributed by atoms with Gasteiger partial charge in [-0.15, -0.1) is 10.2 Å². The zero-order chi connectivity index (χ0) is 24.4. The molecule has 0 radical (unpaired) electrons. The van der Waals surface area contributed by atoms with Crippen LogP contribution in [0.3, 0.4) is 0 Å². The van der Waals surface area contributed by atoms with E-state index in [0.717, 1.165) is 4.68 Å². The summed E-state index contributed by atoms with van der Waals surface area (Å²) < 4.78 is 4.14. The Labute approximate surface area is 195 Å². The molecule has 10 heteroatoms. The molecule has 2 aromatic heterocycles. The topological polar surface area (TPSA) is 130 Å². The van der Waals surface area contributed by atoms with Gasteiger partial charge in [-0.25, -0.2) is 4.68 Å². The number of aromatic nitrogens is 3. The largest absolute Gasteiger partial charge is 0.492 e. The molecule has 172 valence electrons. The van der Waals surface area contributed by atoms with E-state index in [1.54, 1.807) is 53.7 Å². The van der Waals surface area contributed by atoms with Crippen LogP contribution in [0.1, 0.15) is 29.3 Å². The molecule has 0 spiro atoms. The van der Waals surface area contributed by atoms with Gasteiger partial charge in [0.2, 0.25) is 5.88 Å². The smallest absolute Gasteiger partial charge is 0.300 e. The molecule has 3 aromatic rings. The van der Waals surface area contributed by atoms with Crippen molar-refractivity contribution in [3.8, 4) is 11.9 Å². The van der Waals surface area contributed by atoms with Gasteiger partial charge in [0.15, 0.2) is 11.4 Å². The van der Waals surface area contributed by atoms with Gasteiger partial charge in [-0.3, -0.25) is 19.7 Å². The summed E-state index contributed by atoms with van der Waals surface area (Å²) in [4.78, 5) is 26.3. The molecule has 10 nitrogen and oxygen atoms in total. The number of rotatable bonds is 5. The van der Waals surface area contributed by atoms with Crippen molar-refractivity contribution in [1.29, 1.82) is 5.26 Å². The fraction of sp³-hybridized carbons (Fsp3) is 0.208. The summed E-state index contributed by atoms with van der Waals surface area (Å²) in [6.45, 7) is 3.24. The first-order chi connectivity index (χ1) is 16.3. The lowest BCUT2D eigenvalue weighted by atomic mass is 10.1. The van der Waals surface area contributed by atoms with E-state index in [4.69, 9.17) is 0 Å². The lowest BCUT2D eigenvalue weighted by Gasteiger charge is -2.17. The minimum atomic E-state index is -0.712. The van der Waals surface area contributed by atoms with Crippen LogP contribution in [-0.4, -0.2) is 19.1 Å². The Morgan fingerprint density at radius 1 is 1.09 bits per heavy atom. The fourth-order valence-corrected chi connectivity index (χ4v) is 3.81. The number of aromatic hydroxyl groups is 1. The van der Waals surface area contributed by atoms with Crippen LogP contribution in [0.15, 0.2) is 74.5 Å². The maximum atomic E-state index is 13.2. The molecule has 0 saturated carbocycles. The predicted molar refractivity (Wildman–Crippen MR) is 128 cm³/mol. The van der Waals surface area contributed by atoms with Crippen molar-refractivity contribution < 1.29 is 5.11 Å². The van der Waals surface area contributed by atoms with Crippen LogP contribution >= 0.6 is 0 Å². The number of para-hydroxylation sites is 1. The summed E-state index contributed by atoms with van der Waals surface area (Å²) in [6.07, 6.45) is 8.39. The van der Waals surface area contributed by atoms with Gasteiger partial charge in [0.1, 0.15) is 11.6 Å². The van der Waals surface area contributed by atoms with Crippen molar-refractivity contribution in [3.05, 3.63) is 92.2 Å². The van der Waals surface area contributed by atoms with E-state index in [1.807, 2.05) is 30.4 Å². The van der Waals surface area contributed by atoms with E-state index in [-0.39, 0.29) is 34.1 Å². The van der Waals surface area contributed by atoms with Gasteiger partial charge in [0, 0.05) is 12.6 Å². The van der Waals surface area contributed by atoms with E-state index >= 15 is 0 Å². The molecule has 2 N–H and O–H groups in total. The van der Waals surface area contributed by atoms with Gasteiger partial charge >= 0.3 is 0 Å². The van der Waals surface area contributed by atoms with E-state index < -0.39 is 11.4 Å². The summed E-state index contributed by atoms with van der Waals surface area (Å²) in [5, 5.41) is 28.3. The summed E-state index contributed by atoms with van der Waals surface area (Å²) in [6, 6.07) is 10.5. The summed E-state index contributed by atoms with van der Waals surface area (Å²) in [5.41, 5.74) is 2.80. The maximum Gasteiger partial charge on any atom is 0.300 e. The number of azo groups is 1. The number of benzene rings is 1. The molecular formula is C24H23N7O3. The molecular weight excluding hydrogens is 434 g/mol. The minimum absolute atomic E-state index is 0.0957. The fourth-order valence-electron chi connectivity index (χ4n) is 3.81. The molecule has 0 aliphatic heterocycles. The molecule has 34 heavy (non-hydrogen) atoms. The zero-order valence-corrected chi connectivity index (χ0v) is 18.9. The second kappa shape index (κ2) is 9.07. The molecule has 2 heterocycles. The molecule has 0 saturated heterocycles. The Morgan fingerprint density at radius 3 is 2.44 bits per heavy atom. The van der Waals surface area contributed by atoms with E-state index in [2.05, 4.69) is 15.7 Å². The number of nitrogens with one attached hydrogen (secondary N) is 1. The lowest BCUT2D eigenvalue weighted by molar-refractivity contribution is 0.425. The maximum absolute atomic E-state index is 13.2. The standard InChI is InChI=1S/C24H23N7O3/c1-15-19(14-25)22(32)30(28-17-10-6-4-7-11-17)23(33)20(15)26-27-21-16(2)29(3)31(24(21)34)18-12-8-5-9-13-18/h4-12,18,28,32H,13H2,1-3H3. The van der Waals surface area contributed by atoms with Crippen molar-refractivity contribution in [3.63, 3.8) is 0 Å². The number of allylic oxidation sites excluding steroid dienone is 4. The number of anilines is 1. The SMILES string of the molecule is Cc1c(C#N)c(O)n(Nc2ccccc2)c(=O)c1N=Nc1c(C)n(C)n(C2C=CC=CC2)c1=O. The summed E-state index contributed by atoms with van der Waals surface area (Å²) >= 11 is 0. The first-order valence-electron chi connectivity index (χ1n) is 10.6. The second-order valence-corrected chi connectivity index (χ2v) is 7.83. The highest BCUT2D eigenvalue weighted by molar-refractivity contribution is 5.58. The van der Waals surface area contributed by atoms with E-state index in [1.165, 1.54) is 6.92 Å². The molecule has 1 unspecified atom stereocenters. The number of pyridine rings is 1. The Balaban J connectivity index is 1.81. The highest BCUT2D eigenvalue weighted by Crippen LogP contribution is 2.28. The Kier molecular flexibility index (Phi) is 6.01. The lowest BCUT2D eigenvalue weighted by Crippen LogP contribution is -2.27.